The molecule has 0 spiro atoms. The van der Waals surface area contributed by atoms with Gasteiger partial charge in [0.25, 0.3) is 5.91 Å². The Hall–Kier alpha value is -1.26. The topological polar surface area (TPSA) is 63.4 Å². The number of piperidine rings is 1. The summed E-state index contributed by atoms with van der Waals surface area (Å²) < 4.78 is 0. The van der Waals surface area contributed by atoms with Gasteiger partial charge in [-0.25, -0.2) is 0 Å². The van der Waals surface area contributed by atoms with Gasteiger partial charge in [0.1, 0.15) is 0 Å². The minimum atomic E-state index is -0.361. The van der Waals surface area contributed by atoms with E-state index < -0.39 is 0 Å². The van der Waals surface area contributed by atoms with Crippen LogP contribution in [0.25, 0.3) is 0 Å². The third kappa shape index (κ3) is 3.19. The van der Waals surface area contributed by atoms with E-state index in [9.17, 15) is 9.59 Å². The molecule has 102 valence electrons. The van der Waals surface area contributed by atoms with Gasteiger partial charge in [-0.3, -0.25) is 9.59 Å². The van der Waals surface area contributed by atoms with Crippen LogP contribution in [-0.2, 0) is 4.79 Å². The van der Waals surface area contributed by atoms with Crippen LogP contribution in [0.1, 0.15) is 23.2 Å². The van der Waals surface area contributed by atoms with Crippen molar-refractivity contribution < 1.29 is 9.59 Å². The summed E-state index contributed by atoms with van der Waals surface area (Å²) in [5.41, 5.74) is 5.70. The zero-order valence-electron chi connectivity index (χ0n) is 10.2. The number of nitrogens with zero attached hydrogens (tertiary/aromatic N) is 1. The number of hydrogen-bond donors (Lipinski definition) is 1. The highest BCUT2D eigenvalue weighted by atomic mass is 35.5. The van der Waals surface area contributed by atoms with E-state index in [-0.39, 0.29) is 17.7 Å². The predicted octanol–water partition coefficient (Wildman–Crippen LogP) is 2.33. The number of rotatable bonds is 2. The summed E-state index contributed by atoms with van der Waals surface area (Å²) in [7, 11) is 0. The van der Waals surface area contributed by atoms with Gasteiger partial charge in [0.15, 0.2) is 0 Å². The molecular weight excluding hydrogens is 287 g/mol. The lowest BCUT2D eigenvalue weighted by molar-refractivity contribution is -0.123. The highest BCUT2D eigenvalue weighted by Gasteiger charge is 2.28. The van der Waals surface area contributed by atoms with E-state index in [1.807, 2.05) is 0 Å². The lowest BCUT2D eigenvalue weighted by Gasteiger charge is -2.31. The quantitative estimate of drug-likeness (QED) is 0.911. The van der Waals surface area contributed by atoms with Gasteiger partial charge in [0, 0.05) is 18.1 Å². The van der Waals surface area contributed by atoms with Crippen molar-refractivity contribution in [3.05, 3.63) is 33.8 Å². The monoisotopic (exact) mass is 300 g/mol. The van der Waals surface area contributed by atoms with Gasteiger partial charge < -0.3 is 10.6 Å². The molecule has 1 atom stereocenters. The molecule has 1 heterocycles. The van der Waals surface area contributed by atoms with Crippen molar-refractivity contribution in [2.45, 2.75) is 12.8 Å². The fourth-order valence-corrected chi connectivity index (χ4v) is 2.72. The van der Waals surface area contributed by atoms with Crippen molar-refractivity contribution in [1.29, 1.82) is 0 Å². The number of carbonyl (C=O) groups is 2. The zero-order chi connectivity index (χ0) is 14.0. The first-order valence-electron chi connectivity index (χ1n) is 6.02. The second kappa shape index (κ2) is 5.80. The second-order valence-corrected chi connectivity index (χ2v) is 5.46. The first-order chi connectivity index (χ1) is 8.99. The molecule has 1 aliphatic heterocycles. The van der Waals surface area contributed by atoms with Crippen LogP contribution in [0.5, 0.6) is 0 Å². The molecule has 0 radical (unpaired) electrons. The maximum absolute atomic E-state index is 12.3. The van der Waals surface area contributed by atoms with Crippen molar-refractivity contribution in [2.24, 2.45) is 11.7 Å². The molecule has 0 aliphatic carbocycles. The Morgan fingerprint density at radius 2 is 2.05 bits per heavy atom. The molecule has 1 saturated heterocycles. The number of hydrogen-bond acceptors (Lipinski definition) is 2. The molecule has 1 aromatic rings. The minimum Gasteiger partial charge on any atom is -0.369 e. The first-order valence-corrected chi connectivity index (χ1v) is 6.78. The largest absolute Gasteiger partial charge is 0.369 e. The number of likely N-dealkylation sites (tertiary alicyclic amines) is 1. The molecule has 0 saturated carbocycles. The van der Waals surface area contributed by atoms with Crippen molar-refractivity contribution in [3.63, 3.8) is 0 Å². The Morgan fingerprint density at radius 3 is 2.68 bits per heavy atom. The smallest absolute Gasteiger partial charge is 0.255 e. The Kier molecular flexibility index (Phi) is 4.32. The van der Waals surface area contributed by atoms with E-state index in [1.165, 1.54) is 6.07 Å². The van der Waals surface area contributed by atoms with Crippen LogP contribution in [0.2, 0.25) is 10.0 Å². The van der Waals surface area contributed by atoms with Crippen molar-refractivity contribution >= 4 is 35.0 Å². The molecule has 19 heavy (non-hydrogen) atoms. The van der Waals surface area contributed by atoms with Gasteiger partial charge in [-0.2, -0.15) is 0 Å². The fourth-order valence-electron chi connectivity index (χ4n) is 2.23. The van der Waals surface area contributed by atoms with E-state index in [4.69, 9.17) is 28.9 Å². The maximum Gasteiger partial charge on any atom is 0.255 e. The van der Waals surface area contributed by atoms with Gasteiger partial charge >= 0.3 is 0 Å². The van der Waals surface area contributed by atoms with Crippen molar-refractivity contribution in [2.75, 3.05) is 13.1 Å². The molecule has 4 nitrogen and oxygen atoms in total. The average molecular weight is 301 g/mol. The molecule has 1 aromatic carbocycles. The van der Waals surface area contributed by atoms with Crippen molar-refractivity contribution in [3.8, 4) is 0 Å². The summed E-state index contributed by atoms with van der Waals surface area (Å²) in [6.07, 6.45) is 1.50. The second-order valence-electron chi connectivity index (χ2n) is 4.62. The number of nitrogens with two attached hydrogens (primary N) is 1. The van der Waals surface area contributed by atoms with E-state index in [0.29, 0.717) is 28.7 Å². The normalized spacial score (nSPS) is 19.3. The molecule has 1 fully saturated rings. The number of benzene rings is 1. The lowest BCUT2D eigenvalue weighted by Crippen LogP contribution is -2.44. The van der Waals surface area contributed by atoms with Crippen molar-refractivity contribution in [1.82, 2.24) is 4.90 Å². The maximum atomic E-state index is 12.3. The molecule has 0 bridgehead atoms. The van der Waals surface area contributed by atoms with Crippen LogP contribution in [0, 0.1) is 5.92 Å². The number of primary amides is 1. The van der Waals surface area contributed by atoms with Crippen LogP contribution in [-0.4, -0.2) is 29.8 Å². The molecule has 6 heteroatoms. The predicted molar refractivity (Wildman–Crippen MR) is 74.3 cm³/mol. The van der Waals surface area contributed by atoms with Crippen LogP contribution in [0.15, 0.2) is 18.2 Å². The van der Waals surface area contributed by atoms with E-state index in [2.05, 4.69) is 0 Å². The minimum absolute atomic E-state index is 0.187. The molecule has 2 amide bonds. The number of amides is 2. The van der Waals surface area contributed by atoms with Gasteiger partial charge in [-0.05, 0) is 31.0 Å². The standard InChI is InChI=1S/C13H14Cl2N2O2/c14-9-3-4-10(11(15)6-9)13(19)17-5-1-2-8(7-17)12(16)18/h3-4,6,8H,1-2,5,7H2,(H2,16,18). The Bertz CT molecular complexity index is 519. The zero-order valence-corrected chi connectivity index (χ0v) is 11.7. The highest BCUT2D eigenvalue weighted by molar-refractivity contribution is 6.36. The summed E-state index contributed by atoms with van der Waals surface area (Å²) >= 11 is 11.8. The summed E-state index contributed by atoms with van der Waals surface area (Å²) in [4.78, 5) is 25.2. The van der Waals surface area contributed by atoms with Crippen LogP contribution >= 0.6 is 23.2 Å². The molecule has 2 rings (SSSR count). The van der Waals surface area contributed by atoms with Gasteiger partial charge in [-0.15, -0.1) is 0 Å². The molecule has 1 unspecified atom stereocenters. The molecule has 1 aliphatic rings. The van der Waals surface area contributed by atoms with Crippen LogP contribution in [0.4, 0.5) is 0 Å². The molecule has 2 N–H and O–H groups in total. The summed E-state index contributed by atoms with van der Waals surface area (Å²) in [5, 5.41) is 0.800. The third-order valence-corrected chi connectivity index (χ3v) is 3.82. The molecular formula is C13H14Cl2N2O2. The number of halogens is 2. The molecule has 0 aromatic heterocycles. The Morgan fingerprint density at radius 1 is 1.32 bits per heavy atom. The van der Waals surface area contributed by atoms with E-state index >= 15 is 0 Å². The average Bonchev–Trinajstić information content (AvgIpc) is 2.38. The first kappa shape index (κ1) is 14.2. The summed E-state index contributed by atoms with van der Waals surface area (Å²) in [6.45, 7) is 0.967. The fraction of sp³-hybridized carbons (Fsp3) is 0.385. The Balaban J connectivity index is 2.17. The van der Waals surface area contributed by atoms with E-state index in [1.54, 1.807) is 17.0 Å². The summed E-state index contributed by atoms with van der Waals surface area (Å²) in [6, 6.07) is 4.75. The van der Waals surface area contributed by atoms with Gasteiger partial charge in [-0.1, -0.05) is 23.2 Å². The Labute approximate surface area is 121 Å². The number of carbonyl (C=O) groups excluding carboxylic acids is 2. The lowest BCUT2D eigenvalue weighted by atomic mass is 9.97. The van der Waals surface area contributed by atoms with Gasteiger partial charge in [0.05, 0.1) is 16.5 Å². The highest BCUT2D eigenvalue weighted by Crippen LogP contribution is 2.24. The summed E-state index contributed by atoms with van der Waals surface area (Å²) in [5.74, 6) is -0.823. The SMILES string of the molecule is NC(=O)C1CCCN(C(=O)c2ccc(Cl)cc2Cl)C1. The van der Waals surface area contributed by atoms with Crippen LogP contribution in [0.3, 0.4) is 0 Å². The van der Waals surface area contributed by atoms with Crippen LogP contribution < -0.4 is 5.73 Å². The van der Waals surface area contributed by atoms with E-state index in [0.717, 1.165) is 12.8 Å². The third-order valence-electron chi connectivity index (χ3n) is 3.27. The van der Waals surface area contributed by atoms with Gasteiger partial charge in [0.2, 0.25) is 5.91 Å².